The molecule has 0 aliphatic rings. The van der Waals surface area contributed by atoms with Gasteiger partial charge in [-0.05, 0) is 48.2 Å². The molecule has 7 heteroatoms. The standard InChI is InChI=1S/C21H22FN5O/c1-27(13-9-17-6-10-23-11-7-17)21(28)19-14-26-20(15-25-19)24-12-8-16-2-4-18(22)5-3-16/h2-7,10-11,14-15H,8-9,12-13H2,1H3,(H,24,26). The lowest BCUT2D eigenvalue weighted by Crippen LogP contribution is -2.29. The molecule has 2 aromatic heterocycles. The highest BCUT2D eigenvalue weighted by atomic mass is 19.1. The highest BCUT2D eigenvalue weighted by molar-refractivity contribution is 5.91. The van der Waals surface area contributed by atoms with Crippen molar-refractivity contribution in [2.75, 3.05) is 25.5 Å². The lowest BCUT2D eigenvalue weighted by atomic mass is 10.1. The number of carbonyl (C=O) groups is 1. The Bertz CT molecular complexity index is 885. The number of rotatable bonds is 8. The molecule has 0 unspecified atom stereocenters. The van der Waals surface area contributed by atoms with Gasteiger partial charge in [-0.15, -0.1) is 0 Å². The first-order valence-electron chi connectivity index (χ1n) is 9.06. The van der Waals surface area contributed by atoms with Crippen LogP contribution in [0, 0.1) is 5.82 Å². The van der Waals surface area contributed by atoms with Crippen LogP contribution in [-0.4, -0.2) is 45.9 Å². The molecular formula is C21H22FN5O. The first-order valence-corrected chi connectivity index (χ1v) is 9.06. The van der Waals surface area contributed by atoms with Gasteiger partial charge in [0.2, 0.25) is 0 Å². The van der Waals surface area contributed by atoms with E-state index in [4.69, 9.17) is 0 Å². The summed E-state index contributed by atoms with van der Waals surface area (Å²) in [7, 11) is 1.75. The maximum atomic E-state index is 12.9. The molecule has 0 radical (unpaired) electrons. The number of aromatic nitrogens is 3. The zero-order valence-corrected chi connectivity index (χ0v) is 15.7. The maximum absolute atomic E-state index is 12.9. The van der Waals surface area contributed by atoms with Crippen molar-refractivity contribution < 1.29 is 9.18 Å². The Kier molecular flexibility index (Phi) is 6.62. The lowest BCUT2D eigenvalue weighted by molar-refractivity contribution is 0.0790. The van der Waals surface area contributed by atoms with Gasteiger partial charge in [-0.2, -0.15) is 0 Å². The van der Waals surface area contributed by atoms with E-state index in [-0.39, 0.29) is 11.7 Å². The number of hydrogen-bond acceptors (Lipinski definition) is 5. The normalized spacial score (nSPS) is 10.5. The molecule has 0 aliphatic heterocycles. The molecule has 0 spiro atoms. The molecule has 0 atom stereocenters. The second-order valence-electron chi connectivity index (χ2n) is 6.42. The van der Waals surface area contributed by atoms with Crippen LogP contribution in [0.2, 0.25) is 0 Å². The van der Waals surface area contributed by atoms with Gasteiger partial charge in [0.15, 0.2) is 0 Å². The number of anilines is 1. The number of halogens is 1. The van der Waals surface area contributed by atoms with Crippen molar-refractivity contribution in [1.29, 1.82) is 0 Å². The Hall–Kier alpha value is -3.35. The summed E-state index contributed by atoms with van der Waals surface area (Å²) in [4.78, 5) is 26.6. The molecule has 6 nitrogen and oxygen atoms in total. The van der Waals surface area contributed by atoms with Crippen LogP contribution >= 0.6 is 0 Å². The molecular weight excluding hydrogens is 357 g/mol. The summed E-state index contributed by atoms with van der Waals surface area (Å²) in [5.41, 5.74) is 2.47. The number of benzene rings is 1. The number of nitrogens with one attached hydrogen (secondary N) is 1. The number of hydrogen-bond donors (Lipinski definition) is 1. The number of likely N-dealkylation sites (N-methyl/N-ethyl adjacent to an activating group) is 1. The number of amides is 1. The van der Waals surface area contributed by atoms with Crippen molar-refractivity contribution >= 4 is 11.7 Å². The van der Waals surface area contributed by atoms with Crippen LogP contribution in [0.4, 0.5) is 10.2 Å². The van der Waals surface area contributed by atoms with Crippen molar-refractivity contribution in [1.82, 2.24) is 19.9 Å². The summed E-state index contributed by atoms with van der Waals surface area (Å²) in [6.07, 6.45) is 8.00. The Balaban J connectivity index is 1.47. The molecule has 28 heavy (non-hydrogen) atoms. The second-order valence-corrected chi connectivity index (χ2v) is 6.42. The monoisotopic (exact) mass is 379 g/mol. The van der Waals surface area contributed by atoms with E-state index in [2.05, 4.69) is 20.3 Å². The third-order valence-electron chi connectivity index (χ3n) is 4.34. The largest absolute Gasteiger partial charge is 0.368 e. The molecule has 2 heterocycles. The van der Waals surface area contributed by atoms with Crippen LogP contribution in [0.1, 0.15) is 21.6 Å². The Morgan fingerprint density at radius 3 is 2.39 bits per heavy atom. The Morgan fingerprint density at radius 2 is 1.71 bits per heavy atom. The number of pyridine rings is 1. The van der Waals surface area contributed by atoms with Gasteiger partial charge in [0, 0.05) is 32.5 Å². The molecule has 0 fully saturated rings. The average molecular weight is 379 g/mol. The van der Waals surface area contributed by atoms with E-state index in [0.29, 0.717) is 24.6 Å². The maximum Gasteiger partial charge on any atom is 0.273 e. The summed E-state index contributed by atoms with van der Waals surface area (Å²) < 4.78 is 12.9. The van der Waals surface area contributed by atoms with E-state index in [9.17, 15) is 9.18 Å². The first-order chi connectivity index (χ1) is 13.6. The highest BCUT2D eigenvalue weighted by Gasteiger charge is 2.13. The fraction of sp³-hybridized carbons (Fsp3) is 0.238. The summed E-state index contributed by atoms with van der Waals surface area (Å²) in [6.45, 7) is 1.22. The third-order valence-corrected chi connectivity index (χ3v) is 4.34. The number of nitrogens with zero attached hydrogens (tertiary/aromatic N) is 4. The van der Waals surface area contributed by atoms with Crippen molar-refractivity contribution in [2.45, 2.75) is 12.8 Å². The molecule has 3 rings (SSSR count). The molecule has 1 aromatic carbocycles. The quantitative estimate of drug-likeness (QED) is 0.652. The minimum atomic E-state index is -0.242. The summed E-state index contributed by atoms with van der Waals surface area (Å²) in [5, 5.41) is 3.15. The van der Waals surface area contributed by atoms with Gasteiger partial charge in [0.05, 0.1) is 12.4 Å². The van der Waals surface area contributed by atoms with Gasteiger partial charge in [0.25, 0.3) is 5.91 Å². The van der Waals surface area contributed by atoms with Gasteiger partial charge >= 0.3 is 0 Å². The minimum absolute atomic E-state index is 0.167. The topological polar surface area (TPSA) is 71.0 Å². The molecule has 1 amide bonds. The van der Waals surface area contributed by atoms with Crippen molar-refractivity contribution in [3.05, 3.63) is 83.8 Å². The van der Waals surface area contributed by atoms with Gasteiger partial charge in [0.1, 0.15) is 17.3 Å². The molecule has 0 bridgehead atoms. The summed E-state index contributed by atoms with van der Waals surface area (Å²) in [5.74, 6) is 0.186. The number of carbonyl (C=O) groups excluding carboxylic acids is 1. The molecule has 3 aromatic rings. The zero-order valence-electron chi connectivity index (χ0n) is 15.7. The van der Waals surface area contributed by atoms with Crippen LogP contribution in [0.15, 0.2) is 61.2 Å². The molecule has 1 N–H and O–H groups in total. The lowest BCUT2D eigenvalue weighted by Gasteiger charge is -2.16. The second kappa shape index (κ2) is 9.55. The summed E-state index contributed by atoms with van der Waals surface area (Å²) in [6, 6.07) is 10.3. The molecule has 0 saturated heterocycles. The van der Waals surface area contributed by atoms with E-state index in [1.165, 1.54) is 18.3 Å². The molecule has 0 aliphatic carbocycles. The van der Waals surface area contributed by atoms with Gasteiger partial charge in [-0.3, -0.25) is 9.78 Å². The SMILES string of the molecule is CN(CCc1ccncc1)C(=O)c1cnc(NCCc2ccc(F)cc2)cn1. The van der Waals surface area contributed by atoms with Crippen molar-refractivity contribution in [3.8, 4) is 0 Å². The van der Waals surface area contributed by atoms with E-state index in [1.54, 1.807) is 42.7 Å². The van der Waals surface area contributed by atoms with Crippen LogP contribution in [-0.2, 0) is 12.8 Å². The van der Waals surface area contributed by atoms with Gasteiger partial charge < -0.3 is 10.2 Å². The van der Waals surface area contributed by atoms with E-state index in [0.717, 1.165) is 24.0 Å². The Labute approximate surface area is 163 Å². The first kappa shape index (κ1) is 19.4. The Morgan fingerprint density at radius 1 is 1.00 bits per heavy atom. The van der Waals surface area contributed by atoms with Crippen molar-refractivity contribution in [2.24, 2.45) is 0 Å². The molecule has 144 valence electrons. The zero-order chi connectivity index (χ0) is 19.8. The average Bonchev–Trinajstić information content (AvgIpc) is 2.74. The van der Waals surface area contributed by atoms with Gasteiger partial charge in [-0.1, -0.05) is 12.1 Å². The molecule has 0 saturated carbocycles. The van der Waals surface area contributed by atoms with E-state index >= 15 is 0 Å². The van der Waals surface area contributed by atoms with Crippen molar-refractivity contribution in [3.63, 3.8) is 0 Å². The van der Waals surface area contributed by atoms with Crippen LogP contribution in [0.25, 0.3) is 0 Å². The van der Waals surface area contributed by atoms with E-state index in [1.807, 2.05) is 12.1 Å². The summed E-state index contributed by atoms with van der Waals surface area (Å²) >= 11 is 0. The fourth-order valence-corrected chi connectivity index (χ4v) is 2.66. The fourth-order valence-electron chi connectivity index (χ4n) is 2.66. The third kappa shape index (κ3) is 5.57. The smallest absolute Gasteiger partial charge is 0.273 e. The predicted octanol–water partition coefficient (Wildman–Crippen LogP) is 2.98. The highest BCUT2D eigenvalue weighted by Crippen LogP contribution is 2.07. The van der Waals surface area contributed by atoms with Gasteiger partial charge in [-0.25, -0.2) is 14.4 Å². The van der Waals surface area contributed by atoms with E-state index < -0.39 is 0 Å². The van der Waals surface area contributed by atoms with Crippen LogP contribution in [0.3, 0.4) is 0 Å². The predicted molar refractivity (Wildman–Crippen MR) is 106 cm³/mol. The van der Waals surface area contributed by atoms with Crippen LogP contribution in [0.5, 0.6) is 0 Å². The van der Waals surface area contributed by atoms with Crippen LogP contribution < -0.4 is 5.32 Å². The minimum Gasteiger partial charge on any atom is -0.368 e.